The van der Waals surface area contributed by atoms with E-state index in [4.69, 9.17) is 4.74 Å². The van der Waals surface area contributed by atoms with Crippen LogP contribution in [0.25, 0.3) is 0 Å². The molecule has 1 aromatic carbocycles. The van der Waals surface area contributed by atoms with Crippen LogP contribution < -0.4 is 0 Å². The fraction of sp³-hybridized carbons (Fsp3) is 0.579. The van der Waals surface area contributed by atoms with Crippen LogP contribution in [0.4, 0.5) is 0 Å². The minimum atomic E-state index is -3.55. The van der Waals surface area contributed by atoms with Gasteiger partial charge in [0.15, 0.2) is 0 Å². The number of carbonyl (C=O) groups excluding carboxylic acids is 2. The Bertz CT molecular complexity index is 794. The Morgan fingerprint density at radius 1 is 1.11 bits per heavy atom. The predicted octanol–water partition coefficient (Wildman–Crippen LogP) is 1.89. The Morgan fingerprint density at radius 3 is 2.41 bits per heavy atom. The average Bonchev–Trinajstić information content (AvgIpc) is 3.23. The summed E-state index contributed by atoms with van der Waals surface area (Å²) >= 11 is 0. The van der Waals surface area contributed by atoms with Crippen molar-refractivity contribution >= 4 is 21.9 Å². The minimum Gasteiger partial charge on any atom is -0.466 e. The molecule has 2 heterocycles. The third-order valence-corrected chi connectivity index (χ3v) is 7.08. The van der Waals surface area contributed by atoms with Gasteiger partial charge in [-0.15, -0.1) is 0 Å². The van der Waals surface area contributed by atoms with Gasteiger partial charge in [0.1, 0.15) is 0 Å². The molecule has 2 fully saturated rings. The Labute approximate surface area is 160 Å². The summed E-state index contributed by atoms with van der Waals surface area (Å²) in [6.45, 7) is 4.12. The SMILES string of the molecule is CCOC(=O)C1CCN(C(=O)c2cccc(S(=O)(=O)N3CCCC3)c2)CC1. The van der Waals surface area contributed by atoms with Gasteiger partial charge in [-0.25, -0.2) is 8.42 Å². The normalized spacial score (nSPS) is 19.2. The van der Waals surface area contributed by atoms with Gasteiger partial charge in [-0.3, -0.25) is 9.59 Å². The van der Waals surface area contributed by atoms with E-state index in [-0.39, 0.29) is 22.7 Å². The van der Waals surface area contributed by atoms with Crippen molar-refractivity contribution in [3.8, 4) is 0 Å². The third-order valence-electron chi connectivity index (χ3n) is 5.19. The Hall–Kier alpha value is -1.93. The zero-order valence-corrected chi connectivity index (χ0v) is 16.4. The van der Waals surface area contributed by atoms with E-state index >= 15 is 0 Å². The van der Waals surface area contributed by atoms with E-state index in [9.17, 15) is 18.0 Å². The summed E-state index contributed by atoms with van der Waals surface area (Å²) in [4.78, 5) is 26.5. The standard InChI is InChI=1S/C19H26N2O5S/c1-2-26-19(23)15-8-12-20(13-9-15)18(22)16-6-5-7-17(14-16)27(24,25)21-10-3-4-11-21/h5-7,14-15H,2-4,8-13H2,1H3. The minimum absolute atomic E-state index is 0.164. The number of esters is 1. The van der Waals surface area contributed by atoms with Crippen molar-refractivity contribution in [2.75, 3.05) is 32.8 Å². The lowest BCUT2D eigenvalue weighted by Crippen LogP contribution is -2.40. The molecule has 148 valence electrons. The van der Waals surface area contributed by atoms with Crippen molar-refractivity contribution in [3.05, 3.63) is 29.8 Å². The molecular formula is C19H26N2O5S. The van der Waals surface area contributed by atoms with Crippen molar-refractivity contribution in [3.63, 3.8) is 0 Å². The van der Waals surface area contributed by atoms with Crippen LogP contribution in [0.5, 0.6) is 0 Å². The summed E-state index contributed by atoms with van der Waals surface area (Å²) < 4.78 is 32.0. The number of rotatable bonds is 5. The van der Waals surface area contributed by atoms with Crippen molar-refractivity contribution in [1.29, 1.82) is 0 Å². The summed E-state index contributed by atoms with van der Waals surface area (Å²) in [5.41, 5.74) is 0.366. The quantitative estimate of drug-likeness (QED) is 0.712. The maximum Gasteiger partial charge on any atom is 0.309 e. The number of benzene rings is 1. The number of hydrogen-bond donors (Lipinski definition) is 0. The van der Waals surface area contributed by atoms with Crippen molar-refractivity contribution in [2.45, 2.75) is 37.5 Å². The molecule has 0 aromatic heterocycles. The Kier molecular flexibility index (Phi) is 6.16. The van der Waals surface area contributed by atoms with Crippen LogP contribution in [0.2, 0.25) is 0 Å². The lowest BCUT2D eigenvalue weighted by Gasteiger charge is -2.31. The fourth-order valence-electron chi connectivity index (χ4n) is 3.63. The molecule has 0 unspecified atom stereocenters. The Morgan fingerprint density at radius 2 is 1.78 bits per heavy atom. The summed E-state index contributed by atoms with van der Waals surface area (Å²) in [5.74, 6) is -0.574. The van der Waals surface area contributed by atoms with Crippen LogP contribution in [0.15, 0.2) is 29.2 Å². The number of likely N-dealkylation sites (tertiary alicyclic amines) is 1. The number of sulfonamides is 1. The summed E-state index contributed by atoms with van der Waals surface area (Å²) in [6.07, 6.45) is 2.87. The molecule has 0 spiro atoms. The van der Waals surface area contributed by atoms with Gasteiger partial charge in [-0.05, 0) is 50.8 Å². The van der Waals surface area contributed by atoms with Gasteiger partial charge in [0.05, 0.1) is 17.4 Å². The first-order valence-electron chi connectivity index (χ1n) is 9.49. The molecule has 0 N–H and O–H groups in total. The van der Waals surface area contributed by atoms with E-state index in [2.05, 4.69) is 0 Å². The smallest absolute Gasteiger partial charge is 0.309 e. The van der Waals surface area contributed by atoms with Gasteiger partial charge < -0.3 is 9.64 Å². The molecule has 1 amide bonds. The highest BCUT2D eigenvalue weighted by Gasteiger charge is 2.30. The molecule has 0 aliphatic carbocycles. The second kappa shape index (κ2) is 8.39. The van der Waals surface area contributed by atoms with Crippen molar-refractivity contribution in [1.82, 2.24) is 9.21 Å². The van der Waals surface area contributed by atoms with Crippen LogP contribution in [-0.2, 0) is 19.6 Å². The van der Waals surface area contributed by atoms with Gasteiger partial charge in [-0.1, -0.05) is 6.07 Å². The van der Waals surface area contributed by atoms with E-state index in [1.54, 1.807) is 24.0 Å². The first-order valence-corrected chi connectivity index (χ1v) is 10.9. The van der Waals surface area contributed by atoms with Gasteiger partial charge >= 0.3 is 5.97 Å². The van der Waals surface area contributed by atoms with Gasteiger partial charge in [-0.2, -0.15) is 4.31 Å². The molecule has 0 saturated carbocycles. The maximum atomic E-state index is 12.8. The highest BCUT2D eigenvalue weighted by atomic mass is 32.2. The topological polar surface area (TPSA) is 84.0 Å². The second-order valence-corrected chi connectivity index (χ2v) is 8.90. The van der Waals surface area contributed by atoms with Gasteiger partial charge in [0, 0.05) is 31.7 Å². The molecule has 0 atom stereocenters. The van der Waals surface area contributed by atoms with E-state index in [1.165, 1.54) is 16.4 Å². The summed E-state index contributed by atoms with van der Waals surface area (Å²) in [5, 5.41) is 0. The molecule has 2 aliphatic heterocycles. The van der Waals surface area contributed by atoms with Crippen LogP contribution >= 0.6 is 0 Å². The lowest BCUT2D eigenvalue weighted by molar-refractivity contribution is -0.149. The summed E-state index contributed by atoms with van der Waals surface area (Å²) in [6, 6.07) is 6.26. The number of ether oxygens (including phenoxy) is 1. The molecule has 2 aliphatic rings. The molecule has 0 radical (unpaired) electrons. The molecule has 2 saturated heterocycles. The molecule has 8 heteroatoms. The molecule has 7 nitrogen and oxygen atoms in total. The molecular weight excluding hydrogens is 368 g/mol. The van der Waals surface area contributed by atoms with E-state index in [1.807, 2.05) is 0 Å². The van der Waals surface area contributed by atoms with Crippen molar-refractivity contribution < 1.29 is 22.7 Å². The summed E-state index contributed by atoms with van der Waals surface area (Å²) in [7, 11) is -3.55. The van der Waals surface area contributed by atoms with E-state index in [0.717, 1.165) is 12.8 Å². The molecule has 1 aromatic rings. The van der Waals surface area contributed by atoms with Crippen LogP contribution in [0, 0.1) is 5.92 Å². The van der Waals surface area contributed by atoms with Gasteiger partial charge in [0.25, 0.3) is 5.91 Å². The Balaban J connectivity index is 1.69. The number of piperidine rings is 1. The van der Waals surface area contributed by atoms with Gasteiger partial charge in [0.2, 0.25) is 10.0 Å². The fourth-order valence-corrected chi connectivity index (χ4v) is 5.19. The van der Waals surface area contributed by atoms with Crippen LogP contribution in [0.3, 0.4) is 0 Å². The monoisotopic (exact) mass is 394 g/mol. The average molecular weight is 394 g/mol. The molecule has 3 rings (SSSR count). The first-order chi connectivity index (χ1) is 12.9. The predicted molar refractivity (Wildman–Crippen MR) is 99.7 cm³/mol. The molecule has 27 heavy (non-hydrogen) atoms. The zero-order valence-electron chi connectivity index (χ0n) is 15.6. The number of carbonyl (C=O) groups is 2. The lowest BCUT2D eigenvalue weighted by atomic mass is 9.96. The largest absolute Gasteiger partial charge is 0.466 e. The highest BCUT2D eigenvalue weighted by molar-refractivity contribution is 7.89. The highest BCUT2D eigenvalue weighted by Crippen LogP contribution is 2.24. The number of hydrogen-bond acceptors (Lipinski definition) is 5. The maximum absolute atomic E-state index is 12.8. The van der Waals surface area contributed by atoms with Crippen LogP contribution in [0.1, 0.15) is 43.0 Å². The van der Waals surface area contributed by atoms with Crippen molar-refractivity contribution in [2.24, 2.45) is 5.92 Å². The molecule has 0 bridgehead atoms. The first kappa shape index (κ1) is 19.8. The third kappa shape index (κ3) is 4.32. The van der Waals surface area contributed by atoms with E-state index < -0.39 is 10.0 Å². The number of amides is 1. The van der Waals surface area contributed by atoms with Crippen LogP contribution in [-0.4, -0.2) is 62.3 Å². The number of nitrogens with zero attached hydrogens (tertiary/aromatic N) is 2. The zero-order chi connectivity index (χ0) is 19.4. The van der Waals surface area contributed by atoms with E-state index in [0.29, 0.717) is 51.2 Å². The second-order valence-electron chi connectivity index (χ2n) is 6.96.